The summed E-state index contributed by atoms with van der Waals surface area (Å²) in [4.78, 5) is 9.08. The van der Waals surface area contributed by atoms with E-state index in [9.17, 15) is 0 Å². The Labute approximate surface area is 131 Å². The Morgan fingerprint density at radius 1 is 0.957 bits per heavy atom. The minimum Gasteiger partial charge on any atom is -0.486 e. The first-order chi connectivity index (χ1) is 11.4. The smallest absolute Gasteiger partial charge is 0.182 e. The third-order valence-corrected chi connectivity index (χ3v) is 3.88. The molecule has 23 heavy (non-hydrogen) atoms. The van der Waals surface area contributed by atoms with Gasteiger partial charge in [0.15, 0.2) is 23.0 Å². The number of hydrogen-bond acceptors (Lipinski definition) is 5. The van der Waals surface area contributed by atoms with Crippen LogP contribution in [0.15, 0.2) is 48.8 Å². The van der Waals surface area contributed by atoms with E-state index in [1.54, 1.807) is 10.8 Å². The molecule has 0 atom stereocenters. The quantitative estimate of drug-likeness (QED) is 0.541. The normalized spacial score (nSPS) is 13.6. The zero-order valence-electron chi connectivity index (χ0n) is 12.1. The molecular weight excluding hydrogens is 292 g/mol. The summed E-state index contributed by atoms with van der Waals surface area (Å²) in [6.07, 6.45) is 1.69. The van der Waals surface area contributed by atoms with Crippen molar-refractivity contribution in [2.45, 2.75) is 0 Å². The van der Waals surface area contributed by atoms with Crippen LogP contribution in [0.3, 0.4) is 0 Å². The third kappa shape index (κ3) is 1.92. The number of ether oxygens (including phenoxy) is 2. The maximum atomic E-state index is 5.63. The number of para-hydroxylation sites is 1. The molecule has 5 rings (SSSR count). The average molecular weight is 304 g/mol. The van der Waals surface area contributed by atoms with E-state index in [1.165, 1.54) is 0 Å². The van der Waals surface area contributed by atoms with Crippen molar-refractivity contribution in [3.63, 3.8) is 0 Å². The molecule has 1 aliphatic rings. The van der Waals surface area contributed by atoms with Crippen LogP contribution in [0.5, 0.6) is 11.5 Å². The van der Waals surface area contributed by atoms with E-state index in [2.05, 4.69) is 15.1 Å². The van der Waals surface area contributed by atoms with Crippen molar-refractivity contribution >= 4 is 16.6 Å². The fourth-order valence-corrected chi connectivity index (χ4v) is 2.78. The second-order valence-electron chi connectivity index (χ2n) is 5.32. The fourth-order valence-electron chi connectivity index (χ4n) is 2.78. The van der Waals surface area contributed by atoms with Crippen LogP contribution in [-0.4, -0.2) is 32.8 Å². The van der Waals surface area contributed by atoms with Crippen LogP contribution >= 0.6 is 0 Å². The zero-order chi connectivity index (χ0) is 15.2. The molecule has 6 heteroatoms. The van der Waals surface area contributed by atoms with Crippen molar-refractivity contribution in [3.8, 4) is 22.9 Å². The van der Waals surface area contributed by atoms with Crippen LogP contribution in [0.25, 0.3) is 27.9 Å². The molecule has 0 spiro atoms. The predicted octanol–water partition coefficient (Wildman–Crippen LogP) is 2.72. The first-order valence-electron chi connectivity index (χ1n) is 7.39. The van der Waals surface area contributed by atoms with E-state index in [0.29, 0.717) is 19.0 Å². The summed E-state index contributed by atoms with van der Waals surface area (Å²) in [6.45, 7) is 1.14. The molecule has 0 bridgehead atoms. The van der Waals surface area contributed by atoms with Gasteiger partial charge in [0.1, 0.15) is 19.5 Å². The first kappa shape index (κ1) is 12.4. The minimum atomic E-state index is 0.559. The lowest BCUT2D eigenvalue weighted by Gasteiger charge is -2.18. The van der Waals surface area contributed by atoms with E-state index in [0.717, 1.165) is 33.6 Å². The van der Waals surface area contributed by atoms with Crippen LogP contribution in [-0.2, 0) is 0 Å². The lowest BCUT2D eigenvalue weighted by atomic mass is 10.2. The molecule has 6 nitrogen and oxygen atoms in total. The SMILES string of the molecule is c1ccc2c(c1)ncn1nc(-c3ccc4c(c3)OCCO4)nc21. The highest BCUT2D eigenvalue weighted by atomic mass is 16.6. The van der Waals surface area contributed by atoms with Crippen molar-refractivity contribution in [1.29, 1.82) is 0 Å². The van der Waals surface area contributed by atoms with Crippen molar-refractivity contribution in [2.24, 2.45) is 0 Å². The molecule has 2 aromatic heterocycles. The second-order valence-corrected chi connectivity index (χ2v) is 5.32. The molecule has 0 unspecified atom stereocenters. The summed E-state index contributed by atoms with van der Waals surface area (Å²) in [6, 6.07) is 13.7. The number of rotatable bonds is 1. The summed E-state index contributed by atoms with van der Waals surface area (Å²) in [5.74, 6) is 2.13. The molecule has 2 aromatic carbocycles. The highest BCUT2D eigenvalue weighted by Gasteiger charge is 2.15. The van der Waals surface area contributed by atoms with Crippen molar-refractivity contribution in [2.75, 3.05) is 13.2 Å². The molecule has 3 heterocycles. The molecule has 0 radical (unpaired) electrons. The molecule has 4 aromatic rings. The highest BCUT2D eigenvalue weighted by molar-refractivity contribution is 5.91. The molecule has 0 N–H and O–H groups in total. The lowest BCUT2D eigenvalue weighted by Crippen LogP contribution is -2.15. The maximum absolute atomic E-state index is 5.63. The summed E-state index contributed by atoms with van der Waals surface area (Å²) < 4.78 is 12.9. The van der Waals surface area contributed by atoms with Crippen LogP contribution in [0.2, 0.25) is 0 Å². The van der Waals surface area contributed by atoms with Gasteiger partial charge in [-0.1, -0.05) is 12.1 Å². The fraction of sp³-hybridized carbons (Fsp3) is 0.118. The topological polar surface area (TPSA) is 61.5 Å². The molecule has 0 amide bonds. The molecule has 1 aliphatic heterocycles. The first-order valence-corrected chi connectivity index (χ1v) is 7.39. The van der Waals surface area contributed by atoms with Crippen LogP contribution < -0.4 is 9.47 Å². The van der Waals surface area contributed by atoms with E-state index in [1.807, 2.05) is 42.5 Å². The van der Waals surface area contributed by atoms with Gasteiger partial charge in [-0.15, -0.1) is 5.10 Å². The van der Waals surface area contributed by atoms with E-state index >= 15 is 0 Å². The Morgan fingerprint density at radius 2 is 1.83 bits per heavy atom. The monoisotopic (exact) mass is 304 g/mol. The Balaban J connectivity index is 1.70. The van der Waals surface area contributed by atoms with Crippen LogP contribution in [0.1, 0.15) is 0 Å². The predicted molar refractivity (Wildman–Crippen MR) is 84.7 cm³/mol. The van der Waals surface area contributed by atoms with Crippen molar-refractivity contribution in [3.05, 3.63) is 48.8 Å². The maximum Gasteiger partial charge on any atom is 0.182 e. The molecule has 0 aliphatic carbocycles. The van der Waals surface area contributed by atoms with Gasteiger partial charge in [-0.05, 0) is 30.3 Å². The van der Waals surface area contributed by atoms with Gasteiger partial charge in [0.2, 0.25) is 0 Å². The minimum absolute atomic E-state index is 0.559. The van der Waals surface area contributed by atoms with E-state index in [4.69, 9.17) is 9.47 Å². The Hall–Kier alpha value is -3.15. The lowest BCUT2D eigenvalue weighted by molar-refractivity contribution is 0.171. The number of hydrogen-bond donors (Lipinski definition) is 0. The summed E-state index contributed by atoms with van der Waals surface area (Å²) in [5, 5.41) is 5.51. The van der Waals surface area contributed by atoms with Gasteiger partial charge in [0.25, 0.3) is 0 Å². The third-order valence-electron chi connectivity index (χ3n) is 3.88. The number of fused-ring (bicyclic) bond motifs is 4. The van der Waals surface area contributed by atoms with Gasteiger partial charge >= 0.3 is 0 Å². The standard InChI is InChI=1S/C17H12N4O2/c1-2-4-13-12(3-1)17-19-16(20-21(17)10-18-13)11-5-6-14-15(9-11)23-8-7-22-14/h1-6,9-10H,7-8H2. The van der Waals surface area contributed by atoms with Gasteiger partial charge in [-0.2, -0.15) is 0 Å². The Bertz CT molecular complexity index is 1040. The molecule has 0 saturated carbocycles. The number of aromatic nitrogens is 4. The Kier molecular flexibility index (Phi) is 2.52. The molecule has 112 valence electrons. The average Bonchev–Trinajstić information content (AvgIpc) is 3.06. The second kappa shape index (κ2) is 4.67. The summed E-state index contributed by atoms with van der Waals surface area (Å²) in [7, 11) is 0. The van der Waals surface area contributed by atoms with Crippen molar-refractivity contribution < 1.29 is 9.47 Å². The van der Waals surface area contributed by atoms with Crippen LogP contribution in [0, 0.1) is 0 Å². The number of nitrogens with zero attached hydrogens (tertiary/aromatic N) is 4. The zero-order valence-corrected chi connectivity index (χ0v) is 12.1. The molecule has 0 fully saturated rings. The van der Waals surface area contributed by atoms with Gasteiger partial charge in [-0.25, -0.2) is 14.5 Å². The van der Waals surface area contributed by atoms with Gasteiger partial charge < -0.3 is 9.47 Å². The van der Waals surface area contributed by atoms with Crippen LogP contribution in [0.4, 0.5) is 0 Å². The van der Waals surface area contributed by atoms with Gasteiger partial charge in [-0.3, -0.25) is 0 Å². The molecule has 0 saturated heterocycles. The highest BCUT2D eigenvalue weighted by Crippen LogP contribution is 2.33. The summed E-state index contributed by atoms with van der Waals surface area (Å²) in [5.41, 5.74) is 2.59. The van der Waals surface area contributed by atoms with Gasteiger partial charge in [0, 0.05) is 10.9 Å². The largest absolute Gasteiger partial charge is 0.486 e. The number of benzene rings is 2. The van der Waals surface area contributed by atoms with E-state index < -0.39 is 0 Å². The van der Waals surface area contributed by atoms with Gasteiger partial charge in [0.05, 0.1) is 5.52 Å². The van der Waals surface area contributed by atoms with Crippen molar-refractivity contribution in [1.82, 2.24) is 19.6 Å². The summed E-state index contributed by atoms with van der Waals surface area (Å²) >= 11 is 0. The Morgan fingerprint density at radius 3 is 2.78 bits per heavy atom. The van der Waals surface area contributed by atoms with E-state index in [-0.39, 0.29) is 0 Å². The molecular formula is C17H12N4O2.